The number of nitrogens with two attached hydrogens (primary N) is 1. The second-order valence-electron chi connectivity index (χ2n) is 9.14. The molecule has 0 spiro atoms. The monoisotopic (exact) mass is 481 g/mol. The summed E-state index contributed by atoms with van der Waals surface area (Å²) in [6, 6.07) is 8.10. The number of nitrogens with one attached hydrogen (secondary N) is 1. The predicted octanol–water partition coefficient (Wildman–Crippen LogP) is 4.91. The number of carbonyl (C=O) groups is 1. The van der Waals surface area contributed by atoms with Crippen molar-refractivity contribution in [2.75, 3.05) is 29.9 Å². The average Bonchev–Trinajstić information content (AvgIpc) is 3.72. The predicted molar refractivity (Wildman–Crippen MR) is 140 cm³/mol. The van der Waals surface area contributed by atoms with Crippen LogP contribution in [-0.2, 0) is 4.79 Å². The normalized spacial score (nSPS) is 17.0. The van der Waals surface area contributed by atoms with Crippen molar-refractivity contribution in [3.63, 3.8) is 0 Å². The van der Waals surface area contributed by atoms with Crippen LogP contribution in [0.25, 0.3) is 0 Å². The standard InChI is InChI=1S/C16H23N3O2.C11H13FN2/c20-8-5-12-3-6-19(7-4-12)16-15(13-1-2-13)9-14(10-17-16)18-11-21;1-8(7-13)9(2)14-11-5-3-10(12)4-6-11/h9-13,20H,1-8H2,(H,18,21);3-7H,13H2,1-2H3/b;8-7-,14-9?. The van der Waals surface area contributed by atoms with Crippen LogP contribution in [0.2, 0.25) is 0 Å². The minimum absolute atomic E-state index is 0.257. The van der Waals surface area contributed by atoms with E-state index in [0.29, 0.717) is 24.9 Å². The molecule has 1 amide bonds. The zero-order valence-electron chi connectivity index (χ0n) is 20.6. The molecule has 2 heterocycles. The van der Waals surface area contributed by atoms with Gasteiger partial charge in [-0.1, -0.05) is 0 Å². The number of anilines is 2. The summed E-state index contributed by atoms with van der Waals surface area (Å²) in [7, 11) is 0. The highest BCUT2D eigenvalue weighted by Crippen LogP contribution is 2.45. The number of rotatable bonds is 8. The number of piperidine rings is 1. The van der Waals surface area contributed by atoms with Crippen molar-refractivity contribution in [2.24, 2.45) is 16.6 Å². The van der Waals surface area contributed by atoms with Crippen molar-refractivity contribution >= 4 is 29.3 Å². The molecule has 4 rings (SSSR count). The van der Waals surface area contributed by atoms with Crippen molar-refractivity contribution in [3.8, 4) is 0 Å². The van der Waals surface area contributed by atoms with E-state index in [1.165, 1.54) is 36.7 Å². The largest absolute Gasteiger partial charge is 0.404 e. The number of hydrogen-bond acceptors (Lipinski definition) is 6. The molecule has 0 bridgehead atoms. The van der Waals surface area contributed by atoms with Gasteiger partial charge in [0.1, 0.15) is 11.6 Å². The Kier molecular flexibility index (Phi) is 9.78. The van der Waals surface area contributed by atoms with E-state index in [1.807, 2.05) is 13.8 Å². The highest BCUT2D eigenvalue weighted by molar-refractivity contribution is 5.99. The number of amides is 1. The SMILES string of the molecule is CC(=Nc1ccc(F)cc1)/C(C)=C\N.O=CNc1cnc(N2CCC(CCO)CC2)c(C2CC2)c1. The first-order chi connectivity index (χ1) is 16.9. The molecule has 2 fully saturated rings. The quantitative estimate of drug-likeness (QED) is 0.367. The summed E-state index contributed by atoms with van der Waals surface area (Å²) in [5.41, 5.74) is 9.88. The van der Waals surface area contributed by atoms with Gasteiger partial charge in [-0.25, -0.2) is 9.37 Å². The third kappa shape index (κ3) is 7.89. The highest BCUT2D eigenvalue weighted by Gasteiger charge is 2.30. The molecule has 188 valence electrons. The Morgan fingerprint density at radius 1 is 1.23 bits per heavy atom. The number of halogens is 1. The second-order valence-corrected chi connectivity index (χ2v) is 9.14. The molecule has 0 atom stereocenters. The summed E-state index contributed by atoms with van der Waals surface area (Å²) in [5.74, 6) is 2.09. The molecule has 1 aromatic heterocycles. The summed E-state index contributed by atoms with van der Waals surface area (Å²) < 4.78 is 12.6. The van der Waals surface area contributed by atoms with Crippen molar-refractivity contribution < 1.29 is 14.3 Å². The summed E-state index contributed by atoms with van der Waals surface area (Å²) in [6.07, 6.45) is 9.56. The maximum absolute atomic E-state index is 12.6. The summed E-state index contributed by atoms with van der Waals surface area (Å²) in [6.45, 7) is 6.06. The molecule has 1 saturated heterocycles. The minimum Gasteiger partial charge on any atom is -0.404 e. The van der Waals surface area contributed by atoms with Gasteiger partial charge in [0.25, 0.3) is 0 Å². The first-order valence-electron chi connectivity index (χ1n) is 12.2. The van der Waals surface area contributed by atoms with Crippen LogP contribution in [0, 0.1) is 11.7 Å². The van der Waals surface area contributed by atoms with Gasteiger partial charge in [-0.15, -0.1) is 0 Å². The molecule has 1 aliphatic heterocycles. The van der Waals surface area contributed by atoms with E-state index in [0.717, 1.165) is 60.8 Å². The highest BCUT2D eigenvalue weighted by atomic mass is 19.1. The van der Waals surface area contributed by atoms with Crippen molar-refractivity contribution in [3.05, 3.63) is 59.7 Å². The zero-order valence-corrected chi connectivity index (χ0v) is 20.6. The lowest BCUT2D eigenvalue weighted by Crippen LogP contribution is -2.35. The van der Waals surface area contributed by atoms with Gasteiger partial charge < -0.3 is 21.1 Å². The average molecular weight is 482 g/mol. The number of allylic oxidation sites excluding steroid dienone is 1. The van der Waals surface area contributed by atoms with Gasteiger partial charge in [-0.2, -0.15) is 0 Å². The van der Waals surface area contributed by atoms with Gasteiger partial charge in [0.05, 0.1) is 17.6 Å². The Morgan fingerprint density at radius 3 is 2.49 bits per heavy atom. The van der Waals surface area contributed by atoms with E-state index in [2.05, 4.69) is 26.3 Å². The van der Waals surface area contributed by atoms with Crippen molar-refractivity contribution in [1.29, 1.82) is 0 Å². The molecule has 8 heteroatoms. The molecule has 1 aromatic carbocycles. The van der Waals surface area contributed by atoms with Gasteiger partial charge in [0.2, 0.25) is 6.41 Å². The van der Waals surface area contributed by atoms with Crippen LogP contribution in [-0.4, -0.2) is 41.9 Å². The summed E-state index contributed by atoms with van der Waals surface area (Å²) in [4.78, 5) is 21.8. The molecular formula is C27H36FN5O2. The Morgan fingerprint density at radius 2 is 1.91 bits per heavy atom. The summed E-state index contributed by atoms with van der Waals surface area (Å²) in [5, 5.41) is 11.7. The number of hydrogen-bond donors (Lipinski definition) is 3. The molecule has 2 aliphatic rings. The van der Waals surface area contributed by atoms with E-state index in [1.54, 1.807) is 18.3 Å². The van der Waals surface area contributed by atoms with E-state index in [4.69, 9.17) is 10.8 Å². The number of aromatic nitrogens is 1. The molecule has 4 N–H and O–H groups in total. The number of aliphatic hydroxyl groups excluding tert-OH is 1. The van der Waals surface area contributed by atoms with Crippen LogP contribution < -0.4 is 16.0 Å². The molecule has 35 heavy (non-hydrogen) atoms. The molecular weight excluding hydrogens is 445 g/mol. The van der Waals surface area contributed by atoms with E-state index >= 15 is 0 Å². The number of benzene rings is 1. The number of nitrogens with zero attached hydrogens (tertiary/aromatic N) is 3. The molecule has 7 nitrogen and oxygen atoms in total. The second kappa shape index (κ2) is 13.0. The lowest BCUT2D eigenvalue weighted by atomic mass is 9.93. The molecule has 1 saturated carbocycles. The zero-order chi connectivity index (χ0) is 25.2. The molecule has 1 aliphatic carbocycles. The lowest BCUT2D eigenvalue weighted by molar-refractivity contribution is -0.105. The van der Waals surface area contributed by atoms with Crippen LogP contribution >= 0.6 is 0 Å². The maximum Gasteiger partial charge on any atom is 0.211 e. The van der Waals surface area contributed by atoms with Crippen LogP contribution in [0.3, 0.4) is 0 Å². The summed E-state index contributed by atoms with van der Waals surface area (Å²) >= 11 is 0. The molecule has 2 aromatic rings. The first kappa shape index (κ1) is 26.3. The van der Waals surface area contributed by atoms with Gasteiger partial charge in [-0.05, 0) is 105 Å². The van der Waals surface area contributed by atoms with E-state index in [9.17, 15) is 9.18 Å². The Labute approximate surface area is 207 Å². The maximum atomic E-state index is 12.6. The van der Waals surface area contributed by atoms with Crippen molar-refractivity contribution in [2.45, 2.75) is 51.9 Å². The number of aliphatic imine (C=N–C) groups is 1. The molecule has 0 radical (unpaired) electrons. The smallest absolute Gasteiger partial charge is 0.211 e. The van der Waals surface area contributed by atoms with Crippen LogP contribution in [0.1, 0.15) is 57.4 Å². The first-order valence-corrected chi connectivity index (χ1v) is 12.2. The number of carbonyl (C=O) groups excluding carboxylic acids is 1. The van der Waals surface area contributed by atoms with Gasteiger partial charge in [-0.3, -0.25) is 9.79 Å². The Hall–Kier alpha value is -3.26. The van der Waals surface area contributed by atoms with Crippen LogP contribution in [0.5, 0.6) is 0 Å². The fourth-order valence-corrected chi connectivity index (χ4v) is 4.11. The van der Waals surface area contributed by atoms with Gasteiger partial charge in [0.15, 0.2) is 0 Å². The fraction of sp³-hybridized carbons (Fsp3) is 0.444. The Bertz CT molecular complexity index is 1030. The Balaban J connectivity index is 0.000000214. The third-order valence-corrected chi connectivity index (χ3v) is 6.53. The third-order valence-electron chi connectivity index (χ3n) is 6.53. The number of pyridine rings is 1. The van der Waals surface area contributed by atoms with Gasteiger partial charge >= 0.3 is 0 Å². The van der Waals surface area contributed by atoms with E-state index in [-0.39, 0.29) is 5.82 Å². The van der Waals surface area contributed by atoms with Crippen LogP contribution in [0.4, 0.5) is 21.6 Å². The van der Waals surface area contributed by atoms with Gasteiger partial charge in [0, 0.05) is 25.4 Å². The van der Waals surface area contributed by atoms with E-state index < -0.39 is 0 Å². The van der Waals surface area contributed by atoms with Crippen LogP contribution in [0.15, 0.2) is 53.3 Å². The van der Waals surface area contributed by atoms with Crippen molar-refractivity contribution in [1.82, 2.24) is 4.98 Å². The lowest BCUT2D eigenvalue weighted by Gasteiger charge is -2.34. The topological polar surface area (TPSA) is 104 Å². The fourth-order valence-electron chi connectivity index (χ4n) is 4.11. The minimum atomic E-state index is -0.257. The number of aliphatic hydroxyl groups is 1. The molecule has 0 unspecified atom stereocenters.